The fourth-order valence-corrected chi connectivity index (χ4v) is 5.39. The molecule has 0 radical (unpaired) electrons. The van der Waals surface area contributed by atoms with E-state index in [1.807, 2.05) is 0 Å². The number of anilines is 2. The molecule has 0 spiro atoms. The van der Waals surface area contributed by atoms with Crippen LogP contribution >= 0.6 is 0 Å². The molecule has 0 aromatic heterocycles. The van der Waals surface area contributed by atoms with Crippen LogP contribution in [-0.4, -0.2) is 26.4 Å². The first-order valence-corrected chi connectivity index (χ1v) is 11.2. The van der Waals surface area contributed by atoms with Crippen LogP contribution in [-0.2, 0) is 14.8 Å². The Kier molecular flexibility index (Phi) is 5.37. The van der Waals surface area contributed by atoms with Crippen LogP contribution in [0.4, 0.5) is 11.4 Å². The van der Waals surface area contributed by atoms with Crippen LogP contribution < -0.4 is 15.4 Å². The Labute approximate surface area is 165 Å². The minimum Gasteiger partial charge on any atom is -0.324 e. The van der Waals surface area contributed by atoms with Gasteiger partial charge >= 0.3 is 0 Å². The van der Waals surface area contributed by atoms with E-state index in [9.17, 15) is 13.2 Å². The Morgan fingerprint density at radius 2 is 1.54 bits per heavy atom. The summed E-state index contributed by atoms with van der Waals surface area (Å²) < 4.78 is 27.8. The smallest absolute Gasteiger partial charge is 0.261 e. The molecule has 2 fully saturated rings. The van der Waals surface area contributed by atoms with Gasteiger partial charge in [-0.1, -0.05) is 30.3 Å². The van der Waals surface area contributed by atoms with E-state index in [1.165, 1.54) is 25.0 Å². The molecule has 2 saturated heterocycles. The lowest BCUT2D eigenvalue weighted by molar-refractivity contribution is -0.117. The van der Waals surface area contributed by atoms with Gasteiger partial charge in [0.05, 0.1) is 16.3 Å². The molecule has 2 unspecified atom stereocenters. The molecule has 3 N–H and O–H groups in total. The maximum Gasteiger partial charge on any atom is 0.261 e. The van der Waals surface area contributed by atoms with Crippen molar-refractivity contribution in [3.05, 3.63) is 54.6 Å². The Morgan fingerprint density at radius 1 is 0.929 bits per heavy atom. The van der Waals surface area contributed by atoms with E-state index in [-0.39, 0.29) is 10.8 Å². The van der Waals surface area contributed by atoms with Gasteiger partial charge in [0.2, 0.25) is 5.91 Å². The number of rotatable bonds is 6. The molecule has 2 heterocycles. The molecule has 2 aromatic carbocycles. The van der Waals surface area contributed by atoms with E-state index in [4.69, 9.17) is 0 Å². The molecule has 28 heavy (non-hydrogen) atoms. The Balaban J connectivity index is 1.43. The van der Waals surface area contributed by atoms with Crippen molar-refractivity contribution in [3.8, 4) is 0 Å². The number of amides is 1. The molecule has 7 heteroatoms. The van der Waals surface area contributed by atoms with Crippen LogP contribution in [0.3, 0.4) is 0 Å². The highest BCUT2D eigenvalue weighted by atomic mass is 32.2. The highest BCUT2D eigenvalue weighted by Gasteiger charge is 2.34. The maximum atomic E-state index is 12.6. The van der Waals surface area contributed by atoms with Crippen LogP contribution in [0.2, 0.25) is 0 Å². The van der Waals surface area contributed by atoms with E-state index in [0.29, 0.717) is 35.8 Å². The maximum absolute atomic E-state index is 12.6. The number of nitrogens with one attached hydrogen (secondary N) is 3. The van der Waals surface area contributed by atoms with Gasteiger partial charge in [-0.05, 0) is 55.9 Å². The van der Waals surface area contributed by atoms with Gasteiger partial charge in [-0.2, -0.15) is 0 Å². The minimum absolute atomic E-state index is 0.0716. The third kappa shape index (κ3) is 4.36. The van der Waals surface area contributed by atoms with Crippen LogP contribution in [0.25, 0.3) is 0 Å². The summed E-state index contributed by atoms with van der Waals surface area (Å²) in [5, 5.41) is 6.48. The highest BCUT2D eigenvalue weighted by molar-refractivity contribution is 7.92. The molecule has 2 aromatic rings. The SMILES string of the molecule is O=C(CC1CC2CCC(C1)N2)Nc1ccccc1NS(=O)(=O)c1ccccc1. The van der Waals surface area contributed by atoms with E-state index in [2.05, 4.69) is 15.4 Å². The van der Waals surface area contributed by atoms with E-state index < -0.39 is 10.0 Å². The van der Waals surface area contributed by atoms with Gasteiger partial charge in [0.15, 0.2) is 0 Å². The third-order valence-corrected chi connectivity index (χ3v) is 6.93. The molecule has 2 aliphatic heterocycles. The van der Waals surface area contributed by atoms with Gasteiger partial charge in [0, 0.05) is 18.5 Å². The lowest BCUT2D eigenvalue weighted by Crippen LogP contribution is -2.39. The summed E-state index contributed by atoms with van der Waals surface area (Å²) in [6, 6.07) is 16.2. The number of fused-ring (bicyclic) bond motifs is 2. The number of carbonyl (C=O) groups is 1. The topological polar surface area (TPSA) is 87.3 Å². The Bertz CT molecular complexity index is 934. The fraction of sp³-hybridized carbons (Fsp3) is 0.381. The molecular formula is C21H25N3O3S. The molecule has 148 valence electrons. The number of hydrogen-bond acceptors (Lipinski definition) is 4. The molecule has 2 atom stereocenters. The second-order valence-electron chi connectivity index (χ2n) is 7.69. The predicted molar refractivity (Wildman–Crippen MR) is 110 cm³/mol. The average Bonchev–Trinajstić information content (AvgIpc) is 3.02. The van der Waals surface area contributed by atoms with Crippen LogP contribution in [0.5, 0.6) is 0 Å². The quantitative estimate of drug-likeness (QED) is 0.695. The van der Waals surface area contributed by atoms with Gasteiger partial charge in [-0.15, -0.1) is 0 Å². The second-order valence-corrected chi connectivity index (χ2v) is 9.37. The lowest BCUT2D eigenvalue weighted by atomic mass is 9.89. The van der Waals surface area contributed by atoms with Crippen molar-refractivity contribution in [2.75, 3.05) is 10.0 Å². The lowest BCUT2D eigenvalue weighted by Gasteiger charge is -2.28. The van der Waals surface area contributed by atoms with Crippen molar-refractivity contribution in [2.24, 2.45) is 5.92 Å². The number of benzene rings is 2. The number of para-hydroxylation sites is 2. The zero-order valence-corrected chi connectivity index (χ0v) is 16.4. The normalized spacial score (nSPS) is 23.9. The van der Waals surface area contributed by atoms with E-state index in [1.54, 1.807) is 42.5 Å². The van der Waals surface area contributed by atoms with Gasteiger partial charge in [0.1, 0.15) is 0 Å². The number of piperidine rings is 1. The zero-order valence-electron chi connectivity index (χ0n) is 15.6. The van der Waals surface area contributed by atoms with Crippen LogP contribution in [0.1, 0.15) is 32.1 Å². The molecule has 2 aliphatic rings. The largest absolute Gasteiger partial charge is 0.324 e. The predicted octanol–water partition coefficient (Wildman–Crippen LogP) is 3.35. The first-order valence-electron chi connectivity index (χ1n) is 9.72. The first kappa shape index (κ1) is 19.0. The summed E-state index contributed by atoms with van der Waals surface area (Å²) in [6.07, 6.45) is 4.94. The average molecular weight is 400 g/mol. The van der Waals surface area contributed by atoms with Crippen molar-refractivity contribution >= 4 is 27.3 Å². The van der Waals surface area contributed by atoms with Crippen LogP contribution in [0.15, 0.2) is 59.5 Å². The van der Waals surface area contributed by atoms with Crippen molar-refractivity contribution < 1.29 is 13.2 Å². The van der Waals surface area contributed by atoms with Crippen LogP contribution in [0, 0.1) is 5.92 Å². The fourth-order valence-electron chi connectivity index (χ4n) is 4.29. The highest BCUT2D eigenvalue weighted by Crippen LogP contribution is 2.33. The molecule has 0 aliphatic carbocycles. The molecule has 2 bridgehead atoms. The van der Waals surface area contributed by atoms with Gasteiger partial charge in [-0.3, -0.25) is 9.52 Å². The monoisotopic (exact) mass is 399 g/mol. The molecule has 1 amide bonds. The summed E-state index contributed by atoms with van der Waals surface area (Å²) >= 11 is 0. The molecule has 0 saturated carbocycles. The van der Waals surface area contributed by atoms with Crippen molar-refractivity contribution in [1.82, 2.24) is 5.32 Å². The number of sulfonamides is 1. The van der Waals surface area contributed by atoms with Gasteiger partial charge < -0.3 is 10.6 Å². The third-order valence-electron chi connectivity index (χ3n) is 5.54. The standard InChI is InChI=1S/C21H25N3O3S/c25-21(14-15-12-16-10-11-17(13-15)22-16)23-19-8-4-5-9-20(19)24-28(26,27)18-6-2-1-3-7-18/h1-9,15-17,22,24H,10-14H2,(H,23,25). The Morgan fingerprint density at radius 3 is 2.21 bits per heavy atom. The zero-order chi connectivity index (χ0) is 19.6. The van der Waals surface area contributed by atoms with E-state index in [0.717, 1.165) is 12.8 Å². The first-order chi connectivity index (χ1) is 13.5. The second kappa shape index (κ2) is 7.93. The summed E-state index contributed by atoms with van der Waals surface area (Å²) in [6.45, 7) is 0. The van der Waals surface area contributed by atoms with Gasteiger partial charge in [0.25, 0.3) is 10.0 Å². The number of carbonyl (C=O) groups excluding carboxylic acids is 1. The summed E-state index contributed by atoms with van der Waals surface area (Å²) in [5.74, 6) is 0.310. The van der Waals surface area contributed by atoms with Crippen molar-refractivity contribution in [2.45, 2.75) is 49.1 Å². The summed E-state index contributed by atoms with van der Waals surface area (Å²) in [5.41, 5.74) is 0.842. The minimum atomic E-state index is -3.71. The van der Waals surface area contributed by atoms with Crippen molar-refractivity contribution in [3.63, 3.8) is 0 Å². The molecular weight excluding hydrogens is 374 g/mol. The van der Waals surface area contributed by atoms with Gasteiger partial charge in [-0.25, -0.2) is 8.42 Å². The summed E-state index contributed by atoms with van der Waals surface area (Å²) in [7, 11) is -3.71. The number of hydrogen-bond donors (Lipinski definition) is 3. The van der Waals surface area contributed by atoms with Crippen molar-refractivity contribution in [1.29, 1.82) is 0 Å². The van der Waals surface area contributed by atoms with E-state index >= 15 is 0 Å². The molecule has 4 rings (SSSR count). The Hall–Kier alpha value is -2.38. The summed E-state index contributed by atoms with van der Waals surface area (Å²) in [4.78, 5) is 12.8. The molecule has 6 nitrogen and oxygen atoms in total.